The molecule has 1 aromatic carbocycles. The molecule has 1 aliphatic heterocycles. The predicted octanol–water partition coefficient (Wildman–Crippen LogP) is 3.25. The summed E-state index contributed by atoms with van der Waals surface area (Å²) in [6, 6.07) is 7.95. The van der Waals surface area contributed by atoms with Crippen molar-refractivity contribution < 1.29 is 9.18 Å². The number of rotatable bonds is 7. The number of pyridine rings is 1. The second-order valence-electron chi connectivity index (χ2n) is 9.39. The highest BCUT2D eigenvalue weighted by molar-refractivity contribution is 5.81. The van der Waals surface area contributed by atoms with E-state index in [4.69, 9.17) is 5.10 Å². The quantitative estimate of drug-likeness (QED) is 0.554. The Bertz CT molecular complexity index is 1170. The molecule has 32 heavy (non-hydrogen) atoms. The number of nitrogens with zero attached hydrogens (tertiary/aromatic N) is 3. The summed E-state index contributed by atoms with van der Waals surface area (Å²) in [5, 5.41) is 8.97. The largest absolute Gasteiger partial charge is 0.343 e. The molecule has 0 aliphatic carbocycles. The molecule has 2 N–H and O–H groups in total. The van der Waals surface area contributed by atoms with Gasteiger partial charge in [0.05, 0.1) is 11.4 Å². The number of benzene rings is 1. The Morgan fingerprint density at radius 1 is 1.19 bits per heavy atom. The van der Waals surface area contributed by atoms with Crippen molar-refractivity contribution in [3.05, 3.63) is 57.8 Å². The maximum absolute atomic E-state index is 13.4. The minimum Gasteiger partial charge on any atom is -0.343 e. The van der Waals surface area contributed by atoms with Crippen LogP contribution in [0.3, 0.4) is 0 Å². The first-order valence-electron chi connectivity index (χ1n) is 11.1. The molecule has 1 aliphatic rings. The number of nitrogens with one attached hydrogen (secondary N) is 2. The highest BCUT2D eigenvalue weighted by Gasteiger charge is 2.24. The molecule has 0 unspecified atom stereocenters. The van der Waals surface area contributed by atoms with E-state index in [1.54, 1.807) is 16.8 Å². The monoisotopic (exact) mass is 439 g/mol. The number of halogens is 1. The minimum atomic E-state index is -0.322. The van der Waals surface area contributed by atoms with Crippen LogP contribution in [-0.2, 0) is 16.8 Å². The fraction of sp³-hybridized carbons (Fsp3) is 0.458. The number of aromatic amines is 1. The summed E-state index contributed by atoms with van der Waals surface area (Å²) in [6.45, 7) is 8.99. The van der Waals surface area contributed by atoms with Gasteiger partial charge in [0.15, 0.2) is 0 Å². The van der Waals surface area contributed by atoms with Crippen molar-refractivity contribution in [2.24, 2.45) is 0 Å². The third-order valence-electron chi connectivity index (χ3n) is 5.81. The molecule has 170 valence electrons. The summed E-state index contributed by atoms with van der Waals surface area (Å²) < 4.78 is 15.1. The van der Waals surface area contributed by atoms with Gasteiger partial charge in [0.2, 0.25) is 5.91 Å². The first-order valence-corrected chi connectivity index (χ1v) is 11.1. The number of fused-ring (bicyclic) bond motifs is 1. The van der Waals surface area contributed by atoms with Gasteiger partial charge >= 0.3 is 0 Å². The van der Waals surface area contributed by atoms with Crippen LogP contribution >= 0.6 is 0 Å². The van der Waals surface area contributed by atoms with E-state index in [2.05, 4.69) is 31.1 Å². The smallest absolute Gasteiger partial charge is 0.254 e. The van der Waals surface area contributed by atoms with E-state index < -0.39 is 0 Å². The number of carbonyl (C=O) groups is 1. The molecule has 2 aromatic heterocycles. The van der Waals surface area contributed by atoms with E-state index >= 15 is 0 Å². The third kappa shape index (κ3) is 4.60. The van der Waals surface area contributed by atoms with Gasteiger partial charge in [0.25, 0.3) is 5.56 Å². The van der Waals surface area contributed by atoms with Crippen molar-refractivity contribution in [1.82, 2.24) is 25.0 Å². The highest BCUT2D eigenvalue weighted by atomic mass is 19.1. The van der Waals surface area contributed by atoms with Gasteiger partial charge in [0.1, 0.15) is 11.5 Å². The number of likely N-dealkylation sites (tertiary alicyclic amines) is 1. The Hall–Kier alpha value is -3.00. The Kier molecular flexibility index (Phi) is 6.15. The summed E-state index contributed by atoms with van der Waals surface area (Å²) in [7, 11) is 0. The zero-order valence-electron chi connectivity index (χ0n) is 18.9. The average molecular weight is 440 g/mol. The van der Waals surface area contributed by atoms with E-state index in [1.165, 1.54) is 12.1 Å². The van der Waals surface area contributed by atoms with Crippen molar-refractivity contribution in [2.75, 3.05) is 19.6 Å². The fourth-order valence-electron chi connectivity index (χ4n) is 4.13. The molecule has 0 spiro atoms. The van der Waals surface area contributed by atoms with Gasteiger partial charge in [-0.05, 0) is 49.7 Å². The third-order valence-corrected chi connectivity index (χ3v) is 5.81. The van der Waals surface area contributed by atoms with Crippen molar-refractivity contribution >= 4 is 16.9 Å². The van der Waals surface area contributed by atoms with Crippen LogP contribution in [0.4, 0.5) is 4.39 Å². The van der Waals surface area contributed by atoms with Crippen molar-refractivity contribution in [3.8, 4) is 5.69 Å². The van der Waals surface area contributed by atoms with E-state index in [0.717, 1.165) is 43.6 Å². The summed E-state index contributed by atoms with van der Waals surface area (Å²) in [6.07, 6.45) is 2.45. The Balaban J connectivity index is 1.55. The number of hydrogen-bond acceptors (Lipinski definition) is 4. The van der Waals surface area contributed by atoms with Crippen molar-refractivity contribution in [2.45, 2.75) is 52.0 Å². The Labute approximate surface area is 186 Å². The molecule has 1 saturated heterocycles. The molecule has 0 saturated carbocycles. The number of hydrogen-bond donors (Lipinski definition) is 2. The molecule has 4 rings (SSSR count). The minimum absolute atomic E-state index is 0.177. The van der Waals surface area contributed by atoms with Crippen LogP contribution in [0.15, 0.2) is 35.1 Å². The Morgan fingerprint density at radius 3 is 2.59 bits per heavy atom. The van der Waals surface area contributed by atoms with Crippen LogP contribution in [-0.4, -0.2) is 45.2 Å². The van der Waals surface area contributed by atoms with E-state index in [1.807, 2.05) is 11.0 Å². The predicted molar refractivity (Wildman–Crippen MR) is 122 cm³/mol. The number of H-pyrrole nitrogens is 1. The van der Waals surface area contributed by atoms with Gasteiger partial charge in [-0.1, -0.05) is 20.8 Å². The number of amides is 1. The van der Waals surface area contributed by atoms with Gasteiger partial charge in [-0.15, -0.1) is 0 Å². The fourth-order valence-corrected chi connectivity index (χ4v) is 4.13. The zero-order chi connectivity index (χ0) is 22.9. The van der Waals surface area contributed by atoms with Gasteiger partial charge in [-0.25, -0.2) is 9.07 Å². The highest BCUT2D eigenvalue weighted by Crippen LogP contribution is 2.30. The van der Waals surface area contributed by atoms with Gasteiger partial charge in [-0.3, -0.25) is 9.59 Å². The molecular weight excluding hydrogens is 409 g/mol. The summed E-state index contributed by atoms with van der Waals surface area (Å²) in [5.74, 6) is -0.0861. The number of aromatic nitrogens is 3. The Morgan fingerprint density at radius 2 is 1.94 bits per heavy atom. The molecule has 0 atom stereocenters. The lowest BCUT2D eigenvalue weighted by Gasteiger charge is -2.16. The summed E-state index contributed by atoms with van der Waals surface area (Å²) in [5.41, 5.74) is 2.37. The van der Waals surface area contributed by atoms with Crippen LogP contribution in [0.2, 0.25) is 0 Å². The van der Waals surface area contributed by atoms with Crippen LogP contribution in [0.1, 0.15) is 51.3 Å². The van der Waals surface area contributed by atoms with Gasteiger partial charge in [-0.2, -0.15) is 5.10 Å². The maximum Gasteiger partial charge on any atom is 0.254 e. The van der Waals surface area contributed by atoms with Gasteiger partial charge in [0, 0.05) is 42.4 Å². The van der Waals surface area contributed by atoms with Crippen molar-refractivity contribution in [1.29, 1.82) is 0 Å². The molecule has 7 nitrogen and oxygen atoms in total. The van der Waals surface area contributed by atoms with E-state index in [0.29, 0.717) is 29.9 Å². The molecule has 0 bridgehead atoms. The lowest BCUT2D eigenvalue weighted by molar-refractivity contribution is -0.127. The second kappa shape index (κ2) is 8.86. The van der Waals surface area contributed by atoms with E-state index in [9.17, 15) is 14.0 Å². The van der Waals surface area contributed by atoms with Crippen LogP contribution in [0.25, 0.3) is 16.7 Å². The number of carbonyl (C=O) groups excluding carboxylic acids is 1. The lowest BCUT2D eigenvalue weighted by Crippen LogP contribution is -2.29. The van der Waals surface area contributed by atoms with Crippen LogP contribution in [0, 0.1) is 5.82 Å². The molecule has 8 heteroatoms. The van der Waals surface area contributed by atoms with Crippen LogP contribution < -0.4 is 10.9 Å². The molecule has 1 amide bonds. The molecule has 1 fully saturated rings. The molecule has 3 aromatic rings. The van der Waals surface area contributed by atoms with E-state index in [-0.39, 0.29) is 22.7 Å². The standard InChI is InChI=1S/C24H30FN5O2/c1-24(2,3)21-19-14-16(15-26-11-5-13-29-12-4-6-20(29)31)23(32)27-22(19)30(28-21)18-9-7-17(25)8-10-18/h7-10,14,26H,4-6,11-13,15H2,1-3H3,(H,27,32). The summed E-state index contributed by atoms with van der Waals surface area (Å²) in [4.78, 5) is 29.4. The first-order chi connectivity index (χ1) is 15.2. The SMILES string of the molecule is CC(C)(C)c1nn(-c2ccc(F)cc2)c2[nH]c(=O)c(CNCCCN3CCCC3=O)cc12. The molecular formula is C24H30FN5O2. The first kappa shape index (κ1) is 22.2. The normalized spacial score (nSPS) is 14.6. The van der Waals surface area contributed by atoms with Crippen molar-refractivity contribution in [3.63, 3.8) is 0 Å². The average Bonchev–Trinajstić information content (AvgIpc) is 3.31. The zero-order valence-corrected chi connectivity index (χ0v) is 18.9. The summed E-state index contributed by atoms with van der Waals surface area (Å²) >= 11 is 0. The molecule has 0 radical (unpaired) electrons. The topological polar surface area (TPSA) is 83.0 Å². The van der Waals surface area contributed by atoms with Crippen LogP contribution in [0.5, 0.6) is 0 Å². The molecule has 3 heterocycles. The lowest BCUT2D eigenvalue weighted by atomic mass is 9.90. The second-order valence-corrected chi connectivity index (χ2v) is 9.39. The maximum atomic E-state index is 13.4. The van der Waals surface area contributed by atoms with Gasteiger partial charge < -0.3 is 15.2 Å².